The van der Waals surface area contributed by atoms with E-state index in [2.05, 4.69) is 51.7 Å². The average molecular weight is 180 g/mol. The molecule has 0 aromatic carbocycles. The Bertz CT molecular complexity index is 226. The highest BCUT2D eigenvalue weighted by molar-refractivity contribution is 6.76. The fourth-order valence-corrected chi connectivity index (χ4v) is 3.06. The van der Waals surface area contributed by atoms with Crippen molar-refractivity contribution < 1.29 is 0 Å². The molecular formula is C11H20Si. The van der Waals surface area contributed by atoms with Crippen molar-refractivity contribution >= 4 is 8.07 Å². The van der Waals surface area contributed by atoms with Crippen molar-refractivity contribution in [2.24, 2.45) is 5.41 Å². The van der Waals surface area contributed by atoms with Crippen LogP contribution in [0.1, 0.15) is 13.8 Å². The summed E-state index contributed by atoms with van der Waals surface area (Å²) in [7, 11) is -0.904. The maximum atomic E-state index is 2.42. The van der Waals surface area contributed by atoms with E-state index < -0.39 is 8.07 Å². The predicted octanol–water partition coefficient (Wildman–Crippen LogP) is 3.85. The maximum Gasteiger partial charge on any atom is 0.0486 e. The highest BCUT2D eigenvalue weighted by atomic mass is 28.3. The molecule has 0 unspecified atom stereocenters. The van der Waals surface area contributed by atoms with E-state index in [1.54, 1.807) is 5.57 Å². The first-order valence-corrected chi connectivity index (χ1v) is 8.40. The standard InChI is InChI=1S/C11H20Si/c1-11(2)7-6-10(8-11)9-12(3,4)5/h6-8H,9H2,1-5H3. The summed E-state index contributed by atoms with van der Waals surface area (Å²) in [5, 5.41) is 0. The van der Waals surface area contributed by atoms with Gasteiger partial charge in [-0.05, 0) is 6.04 Å². The van der Waals surface area contributed by atoms with Crippen LogP contribution in [0, 0.1) is 5.41 Å². The lowest BCUT2D eigenvalue weighted by Crippen LogP contribution is -2.19. The predicted molar refractivity (Wildman–Crippen MR) is 59.2 cm³/mol. The Morgan fingerprint density at radius 3 is 2.17 bits per heavy atom. The largest absolute Gasteiger partial charge is 0.0748 e. The van der Waals surface area contributed by atoms with Crippen molar-refractivity contribution in [1.29, 1.82) is 0 Å². The molecule has 0 aliphatic heterocycles. The number of rotatable bonds is 2. The number of allylic oxidation sites excluding steroid dienone is 4. The van der Waals surface area contributed by atoms with Gasteiger partial charge in [0.1, 0.15) is 0 Å². The first kappa shape index (κ1) is 9.78. The molecule has 0 aromatic rings. The van der Waals surface area contributed by atoms with Gasteiger partial charge in [-0.25, -0.2) is 0 Å². The van der Waals surface area contributed by atoms with Gasteiger partial charge in [0.15, 0.2) is 0 Å². The lowest BCUT2D eigenvalue weighted by atomic mass is 9.96. The van der Waals surface area contributed by atoms with Crippen molar-refractivity contribution in [3.05, 3.63) is 23.8 Å². The highest BCUT2D eigenvalue weighted by Crippen LogP contribution is 2.31. The van der Waals surface area contributed by atoms with Crippen LogP contribution < -0.4 is 0 Å². The van der Waals surface area contributed by atoms with E-state index >= 15 is 0 Å². The highest BCUT2D eigenvalue weighted by Gasteiger charge is 2.21. The van der Waals surface area contributed by atoms with Gasteiger partial charge in [-0.2, -0.15) is 0 Å². The van der Waals surface area contributed by atoms with Crippen LogP contribution in [-0.2, 0) is 0 Å². The van der Waals surface area contributed by atoms with Gasteiger partial charge in [-0.1, -0.05) is 57.3 Å². The van der Waals surface area contributed by atoms with Gasteiger partial charge < -0.3 is 0 Å². The molecule has 0 bridgehead atoms. The van der Waals surface area contributed by atoms with Crippen molar-refractivity contribution in [3.8, 4) is 0 Å². The summed E-state index contributed by atoms with van der Waals surface area (Å²) in [5.74, 6) is 0. The van der Waals surface area contributed by atoms with Crippen LogP contribution >= 0.6 is 0 Å². The first-order chi connectivity index (χ1) is 5.29. The first-order valence-electron chi connectivity index (χ1n) is 4.70. The van der Waals surface area contributed by atoms with Crippen molar-refractivity contribution in [3.63, 3.8) is 0 Å². The SMILES string of the molecule is CC1(C)C=CC(C[Si](C)(C)C)=C1. The molecule has 0 aromatic heterocycles. The monoisotopic (exact) mass is 180 g/mol. The van der Waals surface area contributed by atoms with Crippen LogP contribution in [0.2, 0.25) is 25.7 Å². The molecule has 0 fully saturated rings. The summed E-state index contributed by atoms with van der Waals surface area (Å²) in [5.41, 5.74) is 1.87. The van der Waals surface area contributed by atoms with Gasteiger partial charge in [-0.3, -0.25) is 0 Å². The van der Waals surface area contributed by atoms with E-state index in [1.807, 2.05) is 0 Å². The van der Waals surface area contributed by atoms with E-state index in [0.29, 0.717) is 5.41 Å². The van der Waals surface area contributed by atoms with E-state index in [0.717, 1.165) is 0 Å². The molecular weight excluding hydrogens is 160 g/mol. The van der Waals surface area contributed by atoms with Gasteiger partial charge in [0.25, 0.3) is 0 Å². The van der Waals surface area contributed by atoms with Crippen LogP contribution in [0.4, 0.5) is 0 Å². The summed E-state index contributed by atoms with van der Waals surface area (Å²) < 4.78 is 0. The van der Waals surface area contributed by atoms with E-state index in [4.69, 9.17) is 0 Å². The Morgan fingerprint density at radius 1 is 1.25 bits per heavy atom. The average Bonchev–Trinajstić information content (AvgIpc) is 2.05. The van der Waals surface area contributed by atoms with E-state index in [1.165, 1.54) is 6.04 Å². The van der Waals surface area contributed by atoms with Gasteiger partial charge in [0.2, 0.25) is 0 Å². The second-order valence-electron chi connectivity index (χ2n) is 5.61. The van der Waals surface area contributed by atoms with Crippen LogP contribution in [0.15, 0.2) is 23.8 Å². The second-order valence-corrected chi connectivity index (χ2v) is 11.1. The van der Waals surface area contributed by atoms with E-state index in [9.17, 15) is 0 Å². The summed E-state index contributed by atoms with van der Waals surface area (Å²) in [6, 6.07) is 1.33. The Balaban J connectivity index is 2.64. The Morgan fingerprint density at radius 2 is 1.83 bits per heavy atom. The molecule has 0 heterocycles. The van der Waals surface area contributed by atoms with Crippen molar-refractivity contribution in [2.45, 2.75) is 39.5 Å². The summed E-state index contributed by atoms with van der Waals surface area (Å²) in [4.78, 5) is 0. The zero-order valence-electron chi connectivity index (χ0n) is 8.94. The van der Waals surface area contributed by atoms with Crippen LogP contribution in [0.3, 0.4) is 0 Å². The number of hydrogen-bond donors (Lipinski definition) is 0. The molecule has 1 aliphatic rings. The van der Waals surface area contributed by atoms with Gasteiger partial charge in [0.05, 0.1) is 0 Å². The molecule has 0 nitrogen and oxygen atoms in total. The van der Waals surface area contributed by atoms with Gasteiger partial charge >= 0.3 is 0 Å². The molecule has 0 amide bonds. The van der Waals surface area contributed by atoms with Crippen LogP contribution in [0.25, 0.3) is 0 Å². The van der Waals surface area contributed by atoms with Crippen LogP contribution in [0.5, 0.6) is 0 Å². The molecule has 0 saturated heterocycles. The summed E-state index contributed by atoms with van der Waals surface area (Å²) in [6.07, 6.45) is 7.02. The topological polar surface area (TPSA) is 0 Å². The third-order valence-electron chi connectivity index (χ3n) is 2.02. The van der Waals surface area contributed by atoms with Gasteiger partial charge in [-0.15, -0.1) is 0 Å². The molecule has 1 rings (SSSR count). The molecule has 1 heteroatoms. The zero-order valence-corrected chi connectivity index (χ0v) is 9.94. The molecule has 12 heavy (non-hydrogen) atoms. The third kappa shape index (κ3) is 2.98. The molecule has 0 atom stereocenters. The Labute approximate surface area is 77.4 Å². The lowest BCUT2D eigenvalue weighted by Gasteiger charge is -2.16. The molecule has 1 aliphatic carbocycles. The van der Waals surface area contributed by atoms with Crippen molar-refractivity contribution in [1.82, 2.24) is 0 Å². The summed E-state index contributed by atoms with van der Waals surface area (Å²) in [6.45, 7) is 11.8. The number of hydrogen-bond acceptors (Lipinski definition) is 0. The second kappa shape index (κ2) is 2.88. The fraction of sp³-hybridized carbons (Fsp3) is 0.636. The van der Waals surface area contributed by atoms with Crippen LogP contribution in [-0.4, -0.2) is 8.07 Å². The summed E-state index contributed by atoms with van der Waals surface area (Å²) >= 11 is 0. The minimum Gasteiger partial charge on any atom is -0.0748 e. The van der Waals surface area contributed by atoms with E-state index in [-0.39, 0.29) is 0 Å². The molecule has 0 radical (unpaired) electrons. The normalized spacial score (nSPS) is 21.2. The Hall–Kier alpha value is -0.303. The fourth-order valence-electron chi connectivity index (χ4n) is 1.62. The maximum absolute atomic E-state index is 2.42. The molecule has 68 valence electrons. The minimum atomic E-state index is -0.904. The smallest absolute Gasteiger partial charge is 0.0486 e. The Kier molecular flexibility index (Phi) is 2.35. The minimum absolute atomic E-state index is 0.314. The third-order valence-corrected chi connectivity index (χ3v) is 3.49. The van der Waals surface area contributed by atoms with Crippen molar-refractivity contribution in [2.75, 3.05) is 0 Å². The lowest BCUT2D eigenvalue weighted by molar-refractivity contribution is 0.634. The molecule has 0 saturated carbocycles. The zero-order chi connectivity index (χ0) is 9.41. The molecule has 0 spiro atoms. The quantitative estimate of drug-likeness (QED) is 0.566. The molecule has 0 N–H and O–H groups in total. The van der Waals surface area contributed by atoms with Gasteiger partial charge in [0, 0.05) is 13.5 Å².